The van der Waals surface area contributed by atoms with E-state index in [1.807, 2.05) is 6.92 Å². The van der Waals surface area contributed by atoms with Crippen molar-refractivity contribution in [2.75, 3.05) is 0 Å². The summed E-state index contributed by atoms with van der Waals surface area (Å²) >= 11 is 0. The van der Waals surface area contributed by atoms with Gasteiger partial charge in [-0.3, -0.25) is 0 Å². The molecular weight excluding hydrogens is 228 g/mol. The average molecular weight is 252 g/mol. The van der Waals surface area contributed by atoms with Gasteiger partial charge in [0.15, 0.2) is 6.29 Å². The highest BCUT2D eigenvalue weighted by atomic mass is 16.6. The van der Waals surface area contributed by atoms with Crippen LogP contribution in [0.15, 0.2) is 0 Å². The number of hydrogen-bond acceptors (Lipinski definition) is 3. The van der Waals surface area contributed by atoms with E-state index in [-0.39, 0.29) is 5.60 Å². The van der Waals surface area contributed by atoms with E-state index in [4.69, 9.17) is 4.74 Å². The van der Waals surface area contributed by atoms with Crippen molar-refractivity contribution in [1.82, 2.24) is 0 Å². The third-order valence-corrected chi connectivity index (χ3v) is 6.24. The fourth-order valence-corrected chi connectivity index (χ4v) is 5.65. The van der Waals surface area contributed by atoms with Gasteiger partial charge in [-0.05, 0) is 75.5 Å². The first-order chi connectivity index (χ1) is 8.40. The van der Waals surface area contributed by atoms with Gasteiger partial charge in [0.25, 0.3) is 0 Å². The lowest BCUT2D eigenvalue weighted by molar-refractivity contribution is -0.149. The Hall–Kier alpha value is -0.120. The van der Waals surface area contributed by atoms with E-state index in [9.17, 15) is 10.2 Å². The molecule has 4 rings (SSSR count). The minimum absolute atomic E-state index is 0.0343. The first-order valence-electron chi connectivity index (χ1n) is 7.48. The van der Waals surface area contributed by atoms with Gasteiger partial charge in [-0.1, -0.05) is 0 Å². The summed E-state index contributed by atoms with van der Waals surface area (Å²) < 4.78 is 5.88. The number of aliphatic hydroxyl groups is 2. The zero-order valence-electron chi connectivity index (χ0n) is 11.3. The van der Waals surface area contributed by atoms with Gasteiger partial charge in [0.1, 0.15) is 0 Å². The van der Waals surface area contributed by atoms with Gasteiger partial charge in [-0.25, -0.2) is 0 Å². The Balaban J connectivity index is 1.63. The van der Waals surface area contributed by atoms with Gasteiger partial charge in [-0.15, -0.1) is 0 Å². The molecule has 2 N–H and O–H groups in total. The Bertz CT molecular complexity index is 378. The van der Waals surface area contributed by atoms with Crippen molar-refractivity contribution in [3.05, 3.63) is 0 Å². The Morgan fingerprint density at radius 3 is 2.56 bits per heavy atom. The molecule has 0 aromatic heterocycles. The molecule has 0 saturated heterocycles. The predicted octanol–water partition coefficient (Wildman–Crippen LogP) is 1.92. The fraction of sp³-hybridized carbons (Fsp3) is 1.00. The molecule has 4 aliphatic rings. The fourth-order valence-electron chi connectivity index (χ4n) is 5.65. The van der Waals surface area contributed by atoms with Gasteiger partial charge < -0.3 is 14.9 Å². The topological polar surface area (TPSA) is 49.7 Å². The van der Waals surface area contributed by atoms with Gasteiger partial charge in [0.2, 0.25) is 0 Å². The molecule has 18 heavy (non-hydrogen) atoms. The van der Waals surface area contributed by atoms with Crippen LogP contribution in [0.25, 0.3) is 0 Å². The van der Waals surface area contributed by atoms with Crippen LogP contribution in [0.2, 0.25) is 0 Å². The van der Waals surface area contributed by atoms with Crippen LogP contribution in [0.4, 0.5) is 0 Å². The van der Waals surface area contributed by atoms with Crippen molar-refractivity contribution in [3.8, 4) is 0 Å². The lowest BCUT2D eigenvalue weighted by Crippen LogP contribution is -2.51. The van der Waals surface area contributed by atoms with Crippen LogP contribution in [-0.4, -0.2) is 27.7 Å². The lowest BCUT2D eigenvalue weighted by atomic mass is 9.52. The number of fused-ring (bicyclic) bond motifs is 4. The molecule has 0 spiro atoms. The summed E-state index contributed by atoms with van der Waals surface area (Å²) in [5, 5.41) is 20.0. The van der Waals surface area contributed by atoms with E-state index in [0.29, 0.717) is 11.8 Å². The summed E-state index contributed by atoms with van der Waals surface area (Å²) in [6.45, 7) is 3.73. The number of ether oxygens (including phenoxy) is 1. The second kappa shape index (κ2) is 3.31. The first-order valence-corrected chi connectivity index (χ1v) is 7.48. The van der Waals surface area contributed by atoms with Crippen LogP contribution in [0.1, 0.15) is 46.0 Å². The molecule has 3 heteroatoms. The van der Waals surface area contributed by atoms with Crippen LogP contribution < -0.4 is 0 Å². The Labute approximate surface area is 109 Å². The van der Waals surface area contributed by atoms with E-state index < -0.39 is 11.9 Å². The molecule has 4 aliphatic carbocycles. The van der Waals surface area contributed by atoms with Gasteiger partial charge in [-0.2, -0.15) is 0 Å². The average Bonchev–Trinajstić information content (AvgIpc) is 2.91. The minimum atomic E-state index is -0.648. The summed E-state index contributed by atoms with van der Waals surface area (Å²) in [5.41, 5.74) is -0.499. The second-order valence-electron chi connectivity index (χ2n) is 7.69. The molecule has 0 aliphatic heterocycles. The number of rotatable bonds is 2. The third-order valence-electron chi connectivity index (χ3n) is 6.24. The van der Waals surface area contributed by atoms with Gasteiger partial charge >= 0.3 is 0 Å². The first kappa shape index (κ1) is 11.7. The summed E-state index contributed by atoms with van der Waals surface area (Å²) in [6, 6.07) is 0. The normalized spacial score (nSPS) is 62.3. The van der Waals surface area contributed by atoms with Crippen LogP contribution in [0.5, 0.6) is 0 Å². The van der Waals surface area contributed by atoms with E-state index in [0.717, 1.165) is 43.4 Å². The van der Waals surface area contributed by atoms with E-state index >= 15 is 0 Å². The number of hydrogen-bond donors (Lipinski definition) is 2. The molecule has 2 bridgehead atoms. The van der Waals surface area contributed by atoms with Crippen LogP contribution >= 0.6 is 0 Å². The van der Waals surface area contributed by atoms with Crippen molar-refractivity contribution in [3.63, 3.8) is 0 Å². The van der Waals surface area contributed by atoms with Crippen LogP contribution in [0.3, 0.4) is 0 Å². The molecule has 4 saturated carbocycles. The monoisotopic (exact) mass is 252 g/mol. The molecule has 0 amide bonds. The maximum absolute atomic E-state index is 10.5. The Morgan fingerprint density at radius 1 is 1.11 bits per heavy atom. The Morgan fingerprint density at radius 2 is 1.83 bits per heavy atom. The van der Waals surface area contributed by atoms with Crippen molar-refractivity contribution in [2.24, 2.45) is 29.6 Å². The molecule has 7 unspecified atom stereocenters. The van der Waals surface area contributed by atoms with Crippen molar-refractivity contribution >= 4 is 0 Å². The molecular formula is C15H24O3. The zero-order chi connectivity index (χ0) is 12.7. The standard InChI is InChI=1S/C15H24O3/c1-8(16)18-15-4-9-3-10-11(9)5-14(2,17)6-12(10)13(15)7-15/h8-13,16-17H,3-7H2,1-2H3/t8?,9?,10?,11?,12?,13-,14?,15?/m1/s1. The molecule has 102 valence electrons. The quantitative estimate of drug-likeness (QED) is 0.738. The predicted molar refractivity (Wildman–Crippen MR) is 66.7 cm³/mol. The van der Waals surface area contributed by atoms with E-state index in [2.05, 4.69) is 0 Å². The number of aliphatic hydroxyl groups excluding tert-OH is 1. The minimum Gasteiger partial charge on any atom is -0.390 e. The smallest absolute Gasteiger partial charge is 0.152 e. The zero-order valence-corrected chi connectivity index (χ0v) is 11.3. The van der Waals surface area contributed by atoms with E-state index in [1.165, 1.54) is 6.42 Å². The van der Waals surface area contributed by atoms with Crippen molar-refractivity contribution in [1.29, 1.82) is 0 Å². The molecule has 8 atom stereocenters. The molecule has 4 fully saturated rings. The molecule has 0 aromatic carbocycles. The highest BCUT2D eigenvalue weighted by molar-refractivity contribution is 5.19. The summed E-state index contributed by atoms with van der Waals surface area (Å²) in [4.78, 5) is 0. The molecule has 0 radical (unpaired) electrons. The second-order valence-corrected chi connectivity index (χ2v) is 7.69. The SMILES string of the molecule is CC(O)OC12CC3CC4C3CC(C)(O)CC4[C@H]1C2. The summed E-state index contributed by atoms with van der Waals surface area (Å²) in [7, 11) is 0. The highest BCUT2D eigenvalue weighted by Gasteiger charge is 2.70. The van der Waals surface area contributed by atoms with Gasteiger partial charge in [0.05, 0.1) is 11.2 Å². The molecule has 0 heterocycles. The molecule has 3 nitrogen and oxygen atoms in total. The van der Waals surface area contributed by atoms with E-state index in [1.54, 1.807) is 6.92 Å². The Kier molecular flexibility index (Phi) is 2.15. The summed E-state index contributed by atoms with van der Waals surface area (Å²) in [6.07, 6.45) is 4.85. The largest absolute Gasteiger partial charge is 0.390 e. The maximum Gasteiger partial charge on any atom is 0.152 e. The third kappa shape index (κ3) is 1.47. The van der Waals surface area contributed by atoms with Crippen LogP contribution in [0, 0.1) is 29.6 Å². The van der Waals surface area contributed by atoms with Crippen molar-refractivity contribution in [2.45, 2.75) is 63.4 Å². The van der Waals surface area contributed by atoms with Gasteiger partial charge in [0, 0.05) is 0 Å². The maximum atomic E-state index is 10.5. The summed E-state index contributed by atoms with van der Waals surface area (Å²) in [5.74, 6) is 3.52. The lowest BCUT2D eigenvalue weighted by Gasteiger charge is -2.54. The highest BCUT2D eigenvalue weighted by Crippen LogP contribution is 2.71. The van der Waals surface area contributed by atoms with Crippen molar-refractivity contribution < 1.29 is 14.9 Å². The molecule has 0 aromatic rings. The van der Waals surface area contributed by atoms with Crippen LogP contribution in [-0.2, 0) is 4.74 Å².